The van der Waals surface area contributed by atoms with Gasteiger partial charge in [0.25, 0.3) is 11.9 Å². The van der Waals surface area contributed by atoms with Gasteiger partial charge in [-0.25, -0.2) is 4.68 Å². The summed E-state index contributed by atoms with van der Waals surface area (Å²) in [5, 5.41) is 10.9. The number of hydrogen-bond acceptors (Lipinski definition) is 6. The molecule has 4 aromatic rings. The van der Waals surface area contributed by atoms with Crippen LogP contribution in [-0.2, 0) is 4.79 Å². The highest BCUT2D eigenvalue weighted by molar-refractivity contribution is 6.01. The molecule has 0 spiro atoms. The second-order valence-corrected chi connectivity index (χ2v) is 8.40. The number of nitrogens with one attached hydrogen (secondary N) is 2. The molecule has 0 bridgehead atoms. The maximum absolute atomic E-state index is 12.6. The molecule has 2 heterocycles. The van der Waals surface area contributed by atoms with Crippen LogP contribution in [-0.4, -0.2) is 34.9 Å². The number of methoxy groups -OCH3 is 2. The molecular formula is C28H27N5O3. The minimum Gasteiger partial charge on any atom is -0.497 e. The third kappa shape index (κ3) is 4.93. The number of anilines is 2. The number of amides is 1. The van der Waals surface area contributed by atoms with E-state index in [1.165, 1.54) is 6.08 Å². The highest BCUT2D eigenvalue weighted by Gasteiger charge is 2.31. The number of fused-ring (bicyclic) bond motifs is 1. The number of ether oxygens (including phenoxy) is 2. The number of para-hydroxylation sites is 1. The second kappa shape index (κ2) is 10.4. The Bertz CT molecular complexity index is 1370. The molecule has 2 atom stereocenters. The number of hydrogen-bond donors (Lipinski definition) is 2. The van der Waals surface area contributed by atoms with E-state index in [0.717, 1.165) is 28.9 Å². The van der Waals surface area contributed by atoms with Crippen molar-refractivity contribution in [1.82, 2.24) is 14.8 Å². The molecule has 0 fully saturated rings. The first-order valence-corrected chi connectivity index (χ1v) is 11.7. The molecule has 1 aliphatic rings. The van der Waals surface area contributed by atoms with Crippen LogP contribution in [0.25, 0.3) is 6.08 Å². The lowest BCUT2D eigenvalue weighted by atomic mass is 9.93. The van der Waals surface area contributed by atoms with Crippen LogP contribution in [0.3, 0.4) is 0 Å². The highest BCUT2D eigenvalue weighted by atomic mass is 16.5. The zero-order valence-corrected chi connectivity index (χ0v) is 20.1. The number of carbonyl (C=O) groups excluding carboxylic acids is 1. The first-order chi connectivity index (χ1) is 17.6. The summed E-state index contributed by atoms with van der Waals surface area (Å²) < 4.78 is 12.5. The molecule has 0 radical (unpaired) electrons. The summed E-state index contributed by atoms with van der Waals surface area (Å²) in [5.74, 6) is 1.99. The Morgan fingerprint density at radius 1 is 0.972 bits per heavy atom. The Morgan fingerprint density at radius 2 is 1.72 bits per heavy atom. The van der Waals surface area contributed by atoms with Gasteiger partial charge in [-0.05, 0) is 41.8 Å². The normalized spacial score (nSPS) is 16.7. The fourth-order valence-electron chi connectivity index (χ4n) is 4.36. The summed E-state index contributed by atoms with van der Waals surface area (Å²) in [6, 6.07) is 25.7. The van der Waals surface area contributed by atoms with Gasteiger partial charge < -0.3 is 14.8 Å². The molecule has 1 aliphatic heterocycles. The summed E-state index contributed by atoms with van der Waals surface area (Å²) in [5.41, 5.74) is 3.05. The SMILES string of the molecule is COc1ccc([C@@H]2C[C@@H](c3ccccc3)Nc3nc(NC(=O)/C=C/c4ccccc4OC)nn32)cc1. The fourth-order valence-corrected chi connectivity index (χ4v) is 4.36. The van der Waals surface area contributed by atoms with Crippen molar-refractivity contribution in [2.24, 2.45) is 0 Å². The topological polar surface area (TPSA) is 90.3 Å². The van der Waals surface area contributed by atoms with Crippen molar-refractivity contribution in [2.45, 2.75) is 18.5 Å². The van der Waals surface area contributed by atoms with Gasteiger partial charge in [0.15, 0.2) is 0 Å². The van der Waals surface area contributed by atoms with Crippen molar-refractivity contribution in [1.29, 1.82) is 0 Å². The van der Waals surface area contributed by atoms with E-state index in [0.29, 0.717) is 11.7 Å². The maximum Gasteiger partial charge on any atom is 0.250 e. The van der Waals surface area contributed by atoms with Gasteiger partial charge in [-0.3, -0.25) is 10.1 Å². The largest absolute Gasteiger partial charge is 0.497 e. The number of carbonyl (C=O) groups is 1. The smallest absolute Gasteiger partial charge is 0.250 e. The van der Waals surface area contributed by atoms with Gasteiger partial charge in [0.05, 0.1) is 26.3 Å². The lowest BCUT2D eigenvalue weighted by Crippen LogP contribution is -2.28. The monoisotopic (exact) mass is 481 g/mol. The van der Waals surface area contributed by atoms with E-state index in [9.17, 15) is 4.79 Å². The Balaban J connectivity index is 1.41. The van der Waals surface area contributed by atoms with Crippen molar-refractivity contribution in [2.75, 3.05) is 24.9 Å². The van der Waals surface area contributed by atoms with Crippen molar-refractivity contribution >= 4 is 23.9 Å². The Labute approximate surface area is 209 Å². The molecule has 1 amide bonds. The maximum atomic E-state index is 12.6. The molecule has 0 unspecified atom stereocenters. The van der Waals surface area contributed by atoms with Gasteiger partial charge >= 0.3 is 0 Å². The van der Waals surface area contributed by atoms with Crippen LogP contribution in [0.15, 0.2) is 84.9 Å². The molecule has 36 heavy (non-hydrogen) atoms. The van der Waals surface area contributed by atoms with E-state index in [1.54, 1.807) is 20.3 Å². The first kappa shape index (κ1) is 23.2. The number of rotatable bonds is 7. The van der Waals surface area contributed by atoms with Crippen molar-refractivity contribution < 1.29 is 14.3 Å². The van der Waals surface area contributed by atoms with Crippen molar-refractivity contribution in [3.8, 4) is 11.5 Å². The Morgan fingerprint density at radius 3 is 2.47 bits per heavy atom. The predicted molar refractivity (Wildman–Crippen MR) is 139 cm³/mol. The van der Waals surface area contributed by atoms with Crippen LogP contribution >= 0.6 is 0 Å². The summed E-state index contributed by atoms with van der Waals surface area (Å²) >= 11 is 0. The molecule has 5 rings (SSSR count). The van der Waals surface area contributed by atoms with Crippen molar-refractivity contribution in [3.05, 3.63) is 102 Å². The Kier molecular flexibility index (Phi) is 6.66. The third-order valence-corrected chi connectivity index (χ3v) is 6.18. The zero-order chi connectivity index (χ0) is 24.9. The lowest BCUT2D eigenvalue weighted by Gasteiger charge is -2.31. The molecule has 8 heteroatoms. The molecule has 2 N–H and O–H groups in total. The fraction of sp³-hybridized carbons (Fsp3) is 0.179. The van der Waals surface area contributed by atoms with Gasteiger partial charge in [-0.2, -0.15) is 4.98 Å². The summed E-state index contributed by atoms with van der Waals surface area (Å²) in [4.78, 5) is 17.2. The minimum absolute atomic E-state index is 0.0454. The van der Waals surface area contributed by atoms with Gasteiger partial charge in [-0.15, -0.1) is 5.10 Å². The average Bonchev–Trinajstić information content (AvgIpc) is 3.34. The molecule has 0 saturated carbocycles. The van der Waals surface area contributed by atoms with Gasteiger partial charge in [-0.1, -0.05) is 60.7 Å². The van der Waals surface area contributed by atoms with Gasteiger partial charge in [0.1, 0.15) is 11.5 Å². The second-order valence-electron chi connectivity index (χ2n) is 8.40. The van der Waals surface area contributed by atoms with E-state index < -0.39 is 0 Å². The van der Waals surface area contributed by atoms with E-state index in [-0.39, 0.29) is 23.9 Å². The van der Waals surface area contributed by atoms with Gasteiger partial charge in [0.2, 0.25) is 5.95 Å². The van der Waals surface area contributed by atoms with Crippen LogP contribution in [0, 0.1) is 0 Å². The first-order valence-electron chi connectivity index (χ1n) is 11.7. The molecule has 182 valence electrons. The van der Waals surface area contributed by atoms with Crippen LogP contribution in [0.4, 0.5) is 11.9 Å². The van der Waals surface area contributed by atoms with E-state index in [1.807, 2.05) is 71.4 Å². The quantitative estimate of drug-likeness (QED) is 0.357. The van der Waals surface area contributed by atoms with Crippen molar-refractivity contribution in [3.63, 3.8) is 0 Å². The van der Waals surface area contributed by atoms with Crippen LogP contribution in [0.1, 0.15) is 35.2 Å². The lowest BCUT2D eigenvalue weighted by molar-refractivity contribution is -0.111. The molecule has 1 aromatic heterocycles. The van der Waals surface area contributed by atoms with E-state index in [4.69, 9.17) is 9.47 Å². The molecule has 8 nitrogen and oxygen atoms in total. The van der Waals surface area contributed by atoms with E-state index in [2.05, 4.69) is 32.8 Å². The standard InChI is InChI=1S/C28H27N5O3/c1-35-22-15-12-20(13-16-22)24-18-23(19-8-4-3-5-9-19)29-28-31-27(32-33(24)28)30-26(34)17-14-21-10-6-7-11-25(21)36-2/h3-17,23-24H,18H2,1-2H3,(H2,29,30,31,32,34)/b17-14+/t23-,24-/m0/s1. The summed E-state index contributed by atoms with van der Waals surface area (Å²) in [6.07, 6.45) is 3.92. The van der Waals surface area contributed by atoms with E-state index >= 15 is 0 Å². The number of benzene rings is 3. The number of aromatic nitrogens is 3. The summed E-state index contributed by atoms with van der Waals surface area (Å²) in [6.45, 7) is 0. The zero-order valence-electron chi connectivity index (χ0n) is 20.1. The number of nitrogens with zero attached hydrogens (tertiary/aromatic N) is 3. The molecule has 0 saturated heterocycles. The minimum atomic E-state index is -0.329. The highest BCUT2D eigenvalue weighted by Crippen LogP contribution is 2.38. The average molecular weight is 482 g/mol. The summed E-state index contributed by atoms with van der Waals surface area (Å²) in [7, 11) is 3.25. The third-order valence-electron chi connectivity index (χ3n) is 6.18. The predicted octanol–water partition coefficient (Wildman–Crippen LogP) is 5.09. The Hall–Kier alpha value is -4.59. The van der Waals surface area contributed by atoms with Crippen LogP contribution in [0.5, 0.6) is 11.5 Å². The molecule has 3 aromatic carbocycles. The van der Waals surface area contributed by atoms with Gasteiger partial charge in [0, 0.05) is 11.6 Å². The van der Waals surface area contributed by atoms with Crippen LogP contribution < -0.4 is 20.1 Å². The molecule has 0 aliphatic carbocycles. The van der Waals surface area contributed by atoms with Crippen LogP contribution in [0.2, 0.25) is 0 Å². The molecular weight excluding hydrogens is 454 g/mol.